The number of anilines is 1. The van der Waals surface area contributed by atoms with Crippen LogP contribution in [0.5, 0.6) is 0 Å². The number of nitrogens with zero attached hydrogens (tertiary/aromatic N) is 1. The molecule has 0 aliphatic carbocycles. The summed E-state index contributed by atoms with van der Waals surface area (Å²) in [6.45, 7) is 4.63. The van der Waals surface area contributed by atoms with Crippen molar-refractivity contribution in [1.82, 2.24) is 4.90 Å². The number of hydrogen-bond acceptors (Lipinski definition) is 4. The summed E-state index contributed by atoms with van der Waals surface area (Å²) in [5, 5.41) is 0. The van der Waals surface area contributed by atoms with Crippen LogP contribution in [-0.2, 0) is 27.7 Å². The predicted molar refractivity (Wildman–Crippen MR) is 99.7 cm³/mol. The highest BCUT2D eigenvalue weighted by Gasteiger charge is 2.22. The Hall–Kier alpha value is -2.54. The molecule has 0 spiro atoms. The summed E-state index contributed by atoms with van der Waals surface area (Å²) in [6, 6.07) is 10.8. The second kappa shape index (κ2) is 6.99. The van der Waals surface area contributed by atoms with Crippen molar-refractivity contribution in [2.75, 3.05) is 18.4 Å². The Bertz CT molecular complexity index is 954. The van der Waals surface area contributed by atoms with E-state index >= 15 is 0 Å². The predicted octanol–water partition coefficient (Wildman–Crippen LogP) is 3.23. The summed E-state index contributed by atoms with van der Waals surface area (Å²) < 4.78 is 33.0. The lowest BCUT2D eigenvalue weighted by Crippen LogP contribution is -2.35. The lowest BCUT2D eigenvalue weighted by Gasteiger charge is -2.28. The van der Waals surface area contributed by atoms with Crippen LogP contribution in [0.4, 0.5) is 10.5 Å². The van der Waals surface area contributed by atoms with Gasteiger partial charge in [-0.15, -0.1) is 0 Å². The second-order valence-corrected chi connectivity index (χ2v) is 8.15. The molecular formula is C19H22N2O4S. The smallest absolute Gasteiger partial charge is 0.409 e. The minimum absolute atomic E-state index is 0.270. The summed E-state index contributed by atoms with van der Waals surface area (Å²) in [5.74, 6) is 0. The third kappa shape index (κ3) is 3.67. The molecule has 6 nitrogen and oxygen atoms in total. The maximum Gasteiger partial charge on any atom is 0.409 e. The molecule has 2 aromatic carbocycles. The first-order valence-electron chi connectivity index (χ1n) is 8.35. The van der Waals surface area contributed by atoms with Crippen molar-refractivity contribution < 1.29 is 17.9 Å². The molecule has 26 heavy (non-hydrogen) atoms. The molecule has 2 aromatic rings. The number of benzene rings is 2. The van der Waals surface area contributed by atoms with E-state index in [1.54, 1.807) is 36.1 Å². The van der Waals surface area contributed by atoms with Crippen LogP contribution in [0.2, 0.25) is 0 Å². The standard InChI is InChI=1S/C19H22N2O4S/c1-13-4-5-14(2)18(10-13)26(23,24)20-17-7-6-15-8-9-21(19(22)25-3)12-16(15)11-17/h4-7,10-11,20H,8-9,12H2,1-3H3. The van der Waals surface area contributed by atoms with Gasteiger partial charge in [0.05, 0.1) is 12.0 Å². The highest BCUT2D eigenvalue weighted by molar-refractivity contribution is 7.92. The van der Waals surface area contributed by atoms with Gasteiger partial charge >= 0.3 is 6.09 Å². The van der Waals surface area contributed by atoms with Gasteiger partial charge in [0, 0.05) is 18.8 Å². The fraction of sp³-hybridized carbons (Fsp3) is 0.316. The topological polar surface area (TPSA) is 75.7 Å². The van der Waals surface area contributed by atoms with Crippen molar-refractivity contribution in [1.29, 1.82) is 0 Å². The van der Waals surface area contributed by atoms with Gasteiger partial charge in [0.2, 0.25) is 0 Å². The number of aryl methyl sites for hydroxylation is 2. The number of hydrogen-bond donors (Lipinski definition) is 1. The fourth-order valence-corrected chi connectivity index (χ4v) is 4.49. The van der Waals surface area contributed by atoms with E-state index in [2.05, 4.69) is 4.72 Å². The summed E-state index contributed by atoms with van der Waals surface area (Å²) in [5.41, 5.74) is 4.09. The molecule has 1 aliphatic heterocycles. The van der Waals surface area contributed by atoms with E-state index in [4.69, 9.17) is 4.74 Å². The first-order valence-corrected chi connectivity index (χ1v) is 9.83. The van der Waals surface area contributed by atoms with Crippen LogP contribution < -0.4 is 4.72 Å². The first kappa shape index (κ1) is 18.3. The van der Waals surface area contributed by atoms with Gasteiger partial charge in [0.1, 0.15) is 0 Å². The van der Waals surface area contributed by atoms with E-state index in [0.29, 0.717) is 30.8 Å². The molecule has 1 heterocycles. The van der Waals surface area contributed by atoms with Gasteiger partial charge in [-0.3, -0.25) is 4.72 Å². The fourth-order valence-electron chi connectivity index (χ4n) is 3.11. The number of rotatable bonds is 3. The number of ether oxygens (including phenoxy) is 1. The lowest BCUT2D eigenvalue weighted by molar-refractivity contribution is 0.118. The van der Waals surface area contributed by atoms with Gasteiger partial charge in [0.15, 0.2) is 0 Å². The molecule has 0 fully saturated rings. The van der Waals surface area contributed by atoms with E-state index in [-0.39, 0.29) is 11.0 Å². The molecule has 1 amide bonds. The average Bonchev–Trinajstić information content (AvgIpc) is 2.62. The normalized spacial score (nSPS) is 13.9. The van der Waals surface area contributed by atoms with Crippen molar-refractivity contribution in [3.05, 3.63) is 58.7 Å². The number of carbonyl (C=O) groups is 1. The van der Waals surface area contributed by atoms with E-state index in [9.17, 15) is 13.2 Å². The molecular weight excluding hydrogens is 352 g/mol. The van der Waals surface area contributed by atoms with E-state index in [0.717, 1.165) is 16.7 Å². The highest BCUT2D eigenvalue weighted by atomic mass is 32.2. The van der Waals surface area contributed by atoms with Gasteiger partial charge < -0.3 is 9.64 Å². The van der Waals surface area contributed by atoms with Crippen LogP contribution in [0.25, 0.3) is 0 Å². The SMILES string of the molecule is COC(=O)N1CCc2ccc(NS(=O)(=O)c3cc(C)ccc3C)cc2C1. The molecule has 0 saturated heterocycles. The second-order valence-electron chi connectivity index (χ2n) is 6.50. The van der Waals surface area contributed by atoms with Crippen LogP contribution in [0.3, 0.4) is 0 Å². The van der Waals surface area contributed by atoms with Crippen molar-refractivity contribution in [3.8, 4) is 0 Å². The number of nitrogens with one attached hydrogen (secondary N) is 1. The zero-order chi connectivity index (χ0) is 18.9. The number of amides is 1. The lowest BCUT2D eigenvalue weighted by atomic mass is 9.99. The molecule has 7 heteroatoms. The number of carbonyl (C=O) groups excluding carboxylic acids is 1. The zero-order valence-electron chi connectivity index (χ0n) is 15.1. The first-order chi connectivity index (χ1) is 12.3. The van der Waals surface area contributed by atoms with E-state index < -0.39 is 10.0 Å². The Kier molecular flexibility index (Phi) is 4.91. The molecule has 3 rings (SSSR count). The molecule has 0 saturated carbocycles. The van der Waals surface area contributed by atoms with Crippen molar-refractivity contribution in [2.45, 2.75) is 31.7 Å². The van der Waals surface area contributed by atoms with Crippen molar-refractivity contribution in [3.63, 3.8) is 0 Å². The van der Waals surface area contributed by atoms with Gasteiger partial charge in [0.25, 0.3) is 10.0 Å². The van der Waals surface area contributed by atoms with Crippen molar-refractivity contribution >= 4 is 21.8 Å². The minimum Gasteiger partial charge on any atom is -0.453 e. The van der Waals surface area contributed by atoms with Gasteiger partial charge in [-0.1, -0.05) is 18.2 Å². The van der Waals surface area contributed by atoms with Gasteiger partial charge in [-0.05, 0) is 60.7 Å². The Morgan fingerprint density at radius 2 is 1.88 bits per heavy atom. The third-order valence-electron chi connectivity index (χ3n) is 4.54. The maximum atomic E-state index is 12.8. The Morgan fingerprint density at radius 1 is 1.12 bits per heavy atom. The molecule has 1 N–H and O–H groups in total. The number of sulfonamides is 1. The largest absolute Gasteiger partial charge is 0.453 e. The van der Waals surface area contributed by atoms with E-state index in [1.807, 2.05) is 19.1 Å². The zero-order valence-corrected chi connectivity index (χ0v) is 15.9. The molecule has 0 radical (unpaired) electrons. The summed E-state index contributed by atoms with van der Waals surface area (Å²) in [4.78, 5) is 13.6. The average molecular weight is 374 g/mol. The Labute approximate surface area is 153 Å². The van der Waals surface area contributed by atoms with E-state index in [1.165, 1.54) is 7.11 Å². The molecule has 0 atom stereocenters. The summed E-state index contributed by atoms with van der Waals surface area (Å²) >= 11 is 0. The van der Waals surface area contributed by atoms with Crippen LogP contribution in [0, 0.1) is 13.8 Å². The third-order valence-corrected chi connectivity index (χ3v) is 6.06. The van der Waals surface area contributed by atoms with Crippen LogP contribution >= 0.6 is 0 Å². The van der Waals surface area contributed by atoms with Crippen molar-refractivity contribution in [2.24, 2.45) is 0 Å². The highest BCUT2D eigenvalue weighted by Crippen LogP contribution is 2.26. The molecule has 1 aliphatic rings. The molecule has 138 valence electrons. The van der Waals surface area contributed by atoms with Gasteiger partial charge in [-0.25, -0.2) is 13.2 Å². The Morgan fingerprint density at radius 3 is 2.62 bits per heavy atom. The quantitative estimate of drug-likeness (QED) is 0.895. The maximum absolute atomic E-state index is 12.8. The van der Waals surface area contributed by atoms with Crippen LogP contribution in [0.1, 0.15) is 22.3 Å². The minimum atomic E-state index is -3.68. The summed E-state index contributed by atoms with van der Waals surface area (Å²) in [6.07, 6.45) is 0.339. The summed E-state index contributed by atoms with van der Waals surface area (Å²) in [7, 11) is -2.33. The molecule has 0 bridgehead atoms. The Balaban J connectivity index is 1.87. The molecule has 0 aromatic heterocycles. The van der Waals surface area contributed by atoms with Crippen LogP contribution in [0.15, 0.2) is 41.3 Å². The number of fused-ring (bicyclic) bond motifs is 1. The molecule has 0 unspecified atom stereocenters. The van der Waals surface area contributed by atoms with Crippen LogP contribution in [-0.4, -0.2) is 33.1 Å². The monoisotopic (exact) mass is 374 g/mol. The van der Waals surface area contributed by atoms with Gasteiger partial charge in [-0.2, -0.15) is 0 Å². The number of methoxy groups -OCH3 is 1.